The second kappa shape index (κ2) is 7.58. The van der Waals surface area contributed by atoms with E-state index < -0.39 is 5.97 Å². The largest absolute Gasteiger partial charge is 0.461 e. The summed E-state index contributed by atoms with van der Waals surface area (Å²) >= 11 is 11.8. The third kappa shape index (κ3) is 4.56. The third-order valence-corrected chi connectivity index (χ3v) is 3.61. The number of carbonyl (C=O) groups is 1. The Morgan fingerprint density at radius 3 is 2.53 bits per heavy atom. The molecule has 0 aliphatic heterocycles. The van der Waals surface area contributed by atoms with Gasteiger partial charge in [-0.1, -0.05) is 37.0 Å². The van der Waals surface area contributed by atoms with Crippen molar-refractivity contribution in [3.63, 3.8) is 0 Å². The SMILES string of the molecule is CCN(CC)CCOC(=O)c1cc(N)cc(Cl)c1Cl. The van der Waals surface area contributed by atoms with Crippen LogP contribution in [0, 0.1) is 0 Å². The van der Waals surface area contributed by atoms with Crippen molar-refractivity contribution in [1.29, 1.82) is 0 Å². The monoisotopic (exact) mass is 304 g/mol. The van der Waals surface area contributed by atoms with E-state index in [0.29, 0.717) is 18.8 Å². The summed E-state index contributed by atoms with van der Waals surface area (Å²) in [7, 11) is 0. The number of ether oxygens (including phenoxy) is 1. The highest BCUT2D eigenvalue weighted by Gasteiger charge is 2.15. The highest BCUT2D eigenvalue weighted by atomic mass is 35.5. The van der Waals surface area contributed by atoms with Crippen LogP contribution in [0.2, 0.25) is 10.0 Å². The first-order chi connectivity index (χ1) is 8.99. The molecule has 1 rings (SSSR count). The van der Waals surface area contributed by atoms with Crippen molar-refractivity contribution in [2.45, 2.75) is 13.8 Å². The number of esters is 1. The summed E-state index contributed by atoms with van der Waals surface area (Å²) < 4.78 is 5.17. The normalized spacial score (nSPS) is 10.8. The minimum atomic E-state index is -0.508. The molecular formula is C13H18Cl2N2O2. The summed E-state index contributed by atoms with van der Waals surface area (Å²) in [5.41, 5.74) is 6.21. The van der Waals surface area contributed by atoms with E-state index in [1.165, 1.54) is 12.1 Å². The van der Waals surface area contributed by atoms with Gasteiger partial charge in [0.25, 0.3) is 0 Å². The van der Waals surface area contributed by atoms with Gasteiger partial charge in [0.05, 0.1) is 15.6 Å². The van der Waals surface area contributed by atoms with Gasteiger partial charge in [0.15, 0.2) is 0 Å². The Morgan fingerprint density at radius 1 is 1.32 bits per heavy atom. The van der Waals surface area contributed by atoms with Crippen molar-refractivity contribution in [2.75, 3.05) is 32.0 Å². The van der Waals surface area contributed by atoms with Gasteiger partial charge >= 0.3 is 5.97 Å². The number of hydrogen-bond donors (Lipinski definition) is 1. The topological polar surface area (TPSA) is 55.6 Å². The number of likely N-dealkylation sites (N-methyl/N-ethyl adjacent to an activating group) is 1. The Bertz CT molecular complexity index is 449. The van der Waals surface area contributed by atoms with Crippen LogP contribution >= 0.6 is 23.2 Å². The van der Waals surface area contributed by atoms with Gasteiger partial charge in [-0.15, -0.1) is 0 Å². The van der Waals surface area contributed by atoms with E-state index in [2.05, 4.69) is 18.7 Å². The predicted octanol–water partition coefficient (Wildman–Crippen LogP) is 3.07. The fourth-order valence-corrected chi connectivity index (χ4v) is 2.06. The molecule has 106 valence electrons. The Labute approximate surface area is 123 Å². The molecule has 0 atom stereocenters. The quantitative estimate of drug-likeness (QED) is 0.648. The first kappa shape index (κ1) is 16.1. The number of carbonyl (C=O) groups excluding carboxylic acids is 1. The van der Waals surface area contributed by atoms with Gasteiger partial charge in [-0.05, 0) is 25.2 Å². The van der Waals surface area contributed by atoms with Crippen molar-refractivity contribution < 1.29 is 9.53 Å². The molecule has 0 aromatic heterocycles. The maximum atomic E-state index is 11.9. The smallest absolute Gasteiger partial charge is 0.339 e. The number of nitrogens with zero attached hydrogens (tertiary/aromatic N) is 1. The molecule has 0 bridgehead atoms. The van der Waals surface area contributed by atoms with Gasteiger partial charge in [0.1, 0.15) is 6.61 Å². The average Bonchev–Trinajstić information content (AvgIpc) is 2.38. The Hall–Kier alpha value is -0.970. The van der Waals surface area contributed by atoms with Crippen LogP contribution in [0.5, 0.6) is 0 Å². The number of rotatable bonds is 6. The van der Waals surface area contributed by atoms with Gasteiger partial charge in [-0.25, -0.2) is 4.79 Å². The van der Waals surface area contributed by atoms with Crippen LogP contribution in [0.15, 0.2) is 12.1 Å². The number of benzene rings is 1. The second-order valence-electron chi connectivity index (χ2n) is 4.03. The van der Waals surface area contributed by atoms with Crippen LogP contribution in [0.25, 0.3) is 0 Å². The van der Waals surface area contributed by atoms with Crippen LogP contribution in [0.1, 0.15) is 24.2 Å². The van der Waals surface area contributed by atoms with Gasteiger partial charge in [-0.3, -0.25) is 0 Å². The number of anilines is 1. The second-order valence-corrected chi connectivity index (χ2v) is 4.81. The highest BCUT2D eigenvalue weighted by molar-refractivity contribution is 6.44. The van der Waals surface area contributed by atoms with Crippen molar-refractivity contribution in [3.05, 3.63) is 27.7 Å². The van der Waals surface area contributed by atoms with Crippen molar-refractivity contribution in [3.8, 4) is 0 Å². The lowest BCUT2D eigenvalue weighted by molar-refractivity contribution is 0.0466. The lowest BCUT2D eigenvalue weighted by Gasteiger charge is -2.17. The van der Waals surface area contributed by atoms with E-state index in [9.17, 15) is 4.79 Å². The summed E-state index contributed by atoms with van der Waals surface area (Å²) in [4.78, 5) is 14.0. The van der Waals surface area contributed by atoms with Crippen LogP contribution in [-0.4, -0.2) is 37.1 Å². The summed E-state index contributed by atoms with van der Waals surface area (Å²) in [6.07, 6.45) is 0. The molecule has 6 heteroatoms. The molecule has 0 radical (unpaired) electrons. The lowest BCUT2D eigenvalue weighted by Crippen LogP contribution is -2.28. The summed E-state index contributed by atoms with van der Waals surface area (Å²) in [5, 5.41) is 0.418. The zero-order valence-corrected chi connectivity index (χ0v) is 12.6. The van der Waals surface area contributed by atoms with Crippen molar-refractivity contribution in [1.82, 2.24) is 4.90 Å². The lowest BCUT2D eigenvalue weighted by atomic mass is 10.2. The molecule has 0 spiro atoms. The predicted molar refractivity (Wildman–Crippen MR) is 78.9 cm³/mol. The van der Waals surface area contributed by atoms with Crippen molar-refractivity contribution >= 4 is 34.9 Å². The first-order valence-electron chi connectivity index (χ1n) is 6.13. The average molecular weight is 305 g/mol. The van der Waals surface area contributed by atoms with Gasteiger partial charge < -0.3 is 15.4 Å². The Kier molecular flexibility index (Phi) is 6.42. The number of nitrogen functional groups attached to an aromatic ring is 1. The molecule has 0 amide bonds. The van der Waals surface area contributed by atoms with Gasteiger partial charge in [-0.2, -0.15) is 0 Å². The molecule has 0 saturated heterocycles. The molecule has 0 fully saturated rings. The number of halogens is 2. The Morgan fingerprint density at radius 2 is 1.95 bits per heavy atom. The maximum Gasteiger partial charge on any atom is 0.339 e. The molecule has 19 heavy (non-hydrogen) atoms. The number of hydrogen-bond acceptors (Lipinski definition) is 4. The summed E-state index contributed by atoms with van der Waals surface area (Å²) in [5.74, 6) is -0.508. The van der Waals surface area contributed by atoms with Crippen LogP contribution < -0.4 is 5.73 Å². The molecule has 0 saturated carbocycles. The zero-order valence-electron chi connectivity index (χ0n) is 11.1. The Balaban J connectivity index is 2.64. The molecule has 0 heterocycles. The van der Waals surface area contributed by atoms with Crippen LogP contribution in [-0.2, 0) is 4.74 Å². The highest BCUT2D eigenvalue weighted by Crippen LogP contribution is 2.29. The minimum Gasteiger partial charge on any atom is -0.461 e. The molecule has 0 aliphatic carbocycles. The molecule has 1 aromatic rings. The van der Waals surface area contributed by atoms with E-state index in [4.69, 9.17) is 33.7 Å². The van der Waals surface area contributed by atoms with E-state index in [1.54, 1.807) is 0 Å². The van der Waals surface area contributed by atoms with Crippen LogP contribution in [0.4, 0.5) is 5.69 Å². The van der Waals surface area contributed by atoms with Crippen molar-refractivity contribution in [2.24, 2.45) is 0 Å². The maximum absolute atomic E-state index is 11.9. The summed E-state index contributed by atoms with van der Waals surface area (Å²) in [6, 6.07) is 2.96. The first-order valence-corrected chi connectivity index (χ1v) is 6.89. The zero-order chi connectivity index (χ0) is 14.4. The van der Waals surface area contributed by atoms with E-state index in [1.807, 2.05) is 0 Å². The fraction of sp³-hybridized carbons (Fsp3) is 0.462. The van der Waals surface area contributed by atoms with E-state index >= 15 is 0 Å². The van der Waals surface area contributed by atoms with Crippen LogP contribution in [0.3, 0.4) is 0 Å². The number of nitrogens with two attached hydrogens (primary N) is 1. The molecule has 0 aliphatic rings. The summed E-state index contributed by atoms with van der Waals surface area (Å²) in [6.45, 7) is 6.94. The molecule has 2 N–H and O–H groups in total. The van der Waals surface area contributed by atoms with E-state index in [-0.39, 0.29) is 15.6 Å². The van der Waals surface area contributed by atoms with Gasteiger partial charge in [0, 0.05) is 12.2 Å². The standard InChI is InChI=1S/C13H18Cl2N2O2/c1-3-17(4-2)5-6-19-13(18)10-7-9(16)8-11(14)12(10)15/h7-8H,3-6,16H2,1-2H3. The fourth-order valence-electron chi connectivity index (χ4n) is 1.64. The molecule has 1 aromatic carbocycles. The third-order valence-electron chi connectivity index (χ3n) is 2.81. The molecule has 4 nitrogen and oxygen atoms in total. The molecule has 0 unspecified atom stereocenters. The minimum absolute atomic E-state index is 0.170. The van der Waals surface area contributed by atoms with Gasteiger partial charge in [0.2, 0.25) is 0 Å². The molecular weight excluding hydrogens is 287 g/mol. The van der Waals surface area contributed by atoms with E-state index in [0.717, 1.165) is 13.1 Å².